The highest BCUT2D eigenvalue weighted by Gasteiger charge is 2.49. The van der Waals surface area contributed by atoms with E-state index in [1.807, 2.05) is 35.0 Å². The maximum atomic E-state index is 13.7. The number of benzene rings is 2. The van der Waals surface area contributed by atoms with Crippen molar-refractivity contribution in [2.45, 2.75) is 31.1 Å². The molecule has 0 bridgehead atoms. The monoisotopic (exact) mass is 598 g/mol. The van der Waals surface area contributed by atoms with E-state index in [9.17, 15) is 22.8 Å². The molecule has 3 aliphatic heterocycles. The minimum atomic E-state index is -4.49. The van der Waals surface area contributed by atoms with Crippen molar-refractivity contribution in [3.8, 4) is 11.1 Å². The number of pyridine rings is 1. The number of aromatic nitrogens is 1. The quantitative estimate of drug-likeness (QED) is 0.447. The fourth-order valence-corrected chi connectivity index (χ4v) is 6.31. The number of carbonyl (C=O) groups is 2. The molecule has 2 saturated heterocycles. The maximum Gasteiger partial charge on any atom is 0.416 e. The number of fused-ring (bicyclic) bond motifs is 1. The number of alkyl halides is 3. The molecule has 220 valence electrons. The molecular formula is C30H30ClF3N6O2. The van der Waals surface area contributed by atoms with E-state index in [0.29, 0.717) is 62.8 Å². The SMILES string of the molecule is CN1CNC(=O)C12CCN(C(=O)c1ccc(-c3cnc4c(c3)N(Cc3cc(Cl)ccc3C(F)(F)F)CCN4)cc1)CC2. The molecule has 8 nitrogen and oxygen atoms in total. The standard InChI is InChI=1S/C30H30ClF3N6O2/c1-38-18-37-28(42)29(38)8-11-39(12-9-29)27(41)20-4-2-19(3-5-20)21-15-25-26(36-16-21)35-10-13-40(25)17-22-14-23(31)6-7-24(22)30(32,33)34/h2-7,14-16H,8-13,17-18H2,1H3,(H,35,36)(H,37,42). The summed E-state index contributed by atoms with van der Waals surface area (Å²) in [5.41, 5.74) is 1.69. The van der Waals surface area contributed by atoms with Gasteiger partial charge in [-0.15, -0.1) is 0 Å². The van der Waals surface area contributed by atoms with Crippen LogP contribution in [-0.2, 0) is 17.5 Å². The van der Waals surface area contributed by atoms with Crippen LogP contribution in [0.2, 0.25) is 5.02 Å². The van der Waals surface area contributed by atoms with Crippen molar-refractivity contribution >= 4 is 34.9 Å². The van der Waals surface area contributed by atoms with Crippen molar-refractivity contribution in [2.24, 2.45) is 0 Å². The summed E-state index contributed by atoms with van der Waals surface area (Å²) in [6.07, 6.45) is -1.61. The number of rotatable bonds is 4. The average Bonchev–Trinajstić information content (AvgIpc) is 3.24. The summed E-state index contributed by atoms with van der Waals surface area (Å²) in [4.78, 5) is 35.9. The number of amides is 2. The van der Waals surface area contributed by atoms with Crippen LogP contribution in [0.25, 0.3) is 11.1 Å². The van der Waals surface area contributed by atoms with Crippen molar-refractivity contribution in [2.75, 3.05) is 50.1 Å². The molecule has 3 aromatic rings. The van der Waals surface area contributed by atoms with Crippen LogP contribution in [0, 0.1) is 0 Å². The van der Waals surface area contributed by atoms with Crippen molar-refractivity contribution in [1.82, 2.24) is 20.1 Å². The summed E-state index contributed by atoms with van der Waals surface area (Å²) in [5.74, 6) is 0.539. The van der Waals surface area contributed by atoms with Crippen molar-refractivity contribution in [3.05, 3.63) is 76.4 Å². The molecule has 0 atom stereocenters. The van der Waals surface area contributed by atoms with Gasteiger partial charge in [-0.2, -0.15) is 13.2 Å². The van der Waals surface area contributed by atoms with Gasteiger partial charge >= 0.3 is 6.18 Å². The van der Waals surface area contributed by atoms with E-state index in [1.54, 1.807) is 23.2 Å². The third kappa shape index (κ3) is 5.15. The highest BCUT2D eigenvalue weighted by Crippen LogP contribution is 2.37. The first-order valence-electron chi connectivity index (χ1n) is 13.8. The van der Waals surface area contributed by atoms with E-state index < -0.39 is 17.3 Å². The Morgan fingerprint density at radius 1 is 1.02 bits per heavy atom. The fraction of sp³-hybridized carbons (Fsp3) is 0.367. The summed E-state index contributed by atoms with van der Waals surface area (Å²) in [6.45, 7) is 2.57. The number of hydrogen-bond acceptors (Lipinski definition) is 6. The molecule has 42 heavy (non-hydrogen) atoms. The molecule has 6 rings (SSSR count). The van der Waals surface area contributed by atoms with Gasteiger partial charge in [0, 0.05) is 55.1 Å². The number of hydrogen-bond donors (Lipinski definition) is 2. The minimum absolute atomic E-state index is 0.0250. The van der Waals surface area contributed by atoms with Crippen LogP contribution in [0.3, 0.4) is 0 Å². The topological polar surface area (TPSA) is 80.8 Å². The summed E-state index contributed by atoms with van der Waals surface area (Å²) in [7, 11) is 1.93. The smallest absolute Gasteiger partial charge is 0.367 e. The van der Waals surface area contributed by atoms with Gasteiger partial charge in [0.05, 0.1) is 17.9 Å². The number of likely N-dealkylation sites (N-methyl/N-ethyl adjacent to an activating group) is 1. The second-order valence-electron chi connectivity index (χ2n) is 11.0. The molecule has 1 aromatic heterocycles. The van der Waals surface area contributed by atoms with Crippen LogP contribution in [0.5, 0.6) is 0 Å². The van der Waals surface area contributed by atoms with Gasteiger partial charge in [0.1, 0.15) is 11.4 Å². The van der Waals surface area contributed by atoms with Gasteiger partial charge < -0.3 is 20.4 Å². The third-order valence-electron chi connectivity index (χ3n) is 8.59. The first-order chi connectivity index (χ1) is 20.0. The average molecular weight is 599 g/mol. The van der Waals surface area contributed by atoms with E-state index in [4.69, 9.17) is 11.6 Å². The lowest BCUT2D eigenvalue weighted by Crippen LogP contribution is -2.55. The molecule has 2 amide bonds. The molecule has 12 heteroatoms. The van der Waals surface area contributed by atoms with Gasteiger partial charge in [-0.25, -0.2) is 4.98 Å². The second kappa shape index (κ2) is 10.8. The number of nitrogens with zero attached hydrogens (tertiary/aromatic N) is 4. The largest absolute Gasteiger partial charge is 0.416 e. The third-order valence-corrected chi connectivity index (χ3v) is 8.82. The number of halogens is 4. The highest BCUT2D eigenvalue weighted by molar-refractivity contribution is 6.30. The Balaban J connectivity index is 1.19. The Labute approximate surface area is 246 Å². The molecule has 2 N–H and O–H groups in total. The van der Waals surface area contributed by atoms with Gasteiger partial charge in [-0.3, -0.25) is 14.5 Å². The van der Waals surface area contributed by atoms with Crippen molar-refractivity contribution < 1.29 is 22.8 Å². The van der Waals surface area contributed by atoms with E-state index in [-0.39, 0.29) is 28.9 Å². The van der Waals surface area contributed by atoms with E-state index >= 15 is 0 Å². The zero-order chi connectivity index (χ0) is 29.6. The highest BCUT2D eigenvalue weighted by atomic mass is 35.5. The number of nitrogens with one attached hydrogen (secondary N) is 2. The molecule has 3 aliphatic rings. The number of likely N-dealkylation sites (tertiary alicyclic amines) is 1. The molecule has 2 aromatic carbocycles. The van der Waals surface area contributed by atoms with Gasteiger partial charge in [0.2, 0.25) is 5.91 Å². The molecule has 0 unspecified atom stereocenters. The zero-order valence-electron chi connectivity index (χ0n) is 23.0. The predicted molar refractivity (Wildman–Crippen MR) is 154 cm³/mol. The van der Waals surface area contributed by atoms with Gasteiger partial charge in [0.15, 0.2) is 0 Å². The van der Waals surface area contributed by atoms with Crippen LogP contribution in [-0.4, -0.2) is 72.0 Å². The minimum Gasteiger partial charge on any atom is -0.367 e. The fourth-order valence-electron chi connectivity index (χ4n) is 6.11. The lowest BCUT2D eigenvalue weighted by molar-refractivity contribution is -0.138. The zero-order valence-corrected chi connectivity index (χ0v) is 23.7. The van der Waals surface area contributed by atoms with Gasteiger partial charge in [0.25, 0.3) is 5.91 Å². The Morgan fingerprint density at radius 3 is 2.43 bits per heavy atom. The molecule has 4 heterocycles. The van der Waals surface area contributed by atoms with Crippen molar-refractivity contribution in [3.63, 3.8) is 0 Å². The molecule has 0 aliphatic carbocycles. The number of carbonyl (C=O) groups excluding carboxylic acids is 2. The predicted octanol–water partition coefficient (Wildman–Crippen LogP) is 4.85. The summed E-state index contributed by atoms with van der Waals surface area (Å²) >= 11 is 6.06. The van der Waals surface area contributed by atoms with E-state index in [0.717, 1.165) is 17.2 Å². The van der Waals surface area contributed by atoms with Gasteiger partial charge in [-0.1, -0.05) is 23.7 Å². The Kier molecular flexibility index (Phi) is 7.26. The normalized spacial score (nSPS) is 18.5. The first kappa shape index (κ1) is 28.3. The van der Waals surface area contributed by atoms with Gasteiger partial charge in [-0.05, 0) is 67.4 Å². The maximum absolute atomic E-state index is 13.7. The Hall–Kier alpha value is -3.83. The lowest BCUT2D eigenvalue weighted by atomic mass is 9.86. The molecular weight excluding hydrogens is 569 g/mol. The molecule has 1 spiro atoms. The Bertz CT molecular complexity index is 1520. The van der Waals surface area contributed by atoms with Crippen LogP contribution in [0.15, 0.2) is 54.7 Å². The summed E-state index contributed by atoms with van der Waals surface area (Å²) < 4.78 is 41.1. The van der Waals surface area contributed by atoms with Crippen LogP contribution in [0.1, 0.15) is 34.3 Å². The molecule has 0 radical (unpaired) electrons. The summed E-state index contributed by atoms with van der Waals surface area (Å²) in [6, 6.07) is 12.8. The number of piperidine rings is 1. The van der Waals surface area contributed by atoms with Crippen LogP contribution >= 0.6 is 11.6 Å². The van der Waals surface area contributed by atoms with Crippen molar-refractivity contribution in [1.29, 1.82) is 0 Å². The first-order valence-corrected chi connectivity index (χ1v) is 14.2. The molecule has 0 saturated carbocycles. The van der Waals surface area contributed by atoms with E-state index in [2.05, 4.69) is 15.6 Å². The molecule has 2 fully saturated rings. The summed E-state index contributed by atoms with van der Waals surface area (Å²) in [5, 5.41) is 6.36. The van der Waals surface area contributed by atoms with Crippen LogP contribution in [0.4, 0.5) is 24.7 Å². The Morgan fingerprint density at radius 2 is 1.76 bits per heavy atom. The van der Waals surface area contributed by atoms with E-state index in [1.165, 1.54) is 12.1 Å². The van der Waals surface area contributed by atoms with Crippen LogP contribution < -0.4 is 15.5 Å². The number of anilines is 2. The second-order valence-corrected chi connectivity index (χ2v) is 11.4. The lowest BCUT2D eigenvalue weighted by Gasteiger charge is -2.41.